The molecule has 0 atom stereocenters. The first-order chi connectivity index (χ1) is 9.06. The standard InChI is InChI=1S/C11H18N6O2/c1-11(5-3-2-4-6-11)15-9-8(17(18)19)10(16-12)14-7-13-9/h7H,2-6,12H2,1H3,(H2,13,14,15,16). The van der Waals surface area contributed by atoms with Gasteiger partial charge in [-0.25, -0.2) is 15.8 Å². The number of hydrazine groups is 1. The van der Waals surface area contributed by atoms with Gasteiger partial charge in [0.2, 0.25) is 11.6 Å². The summed E-state index contributed by atoms with van der Waals surface area (Å²) in [5.74, 6) is 5.49. The van der Waals surface area contributed by atoms with Crippen molar-refractivity contribution in [2.24, 2.45) is 5.84 Å². The van der Waals surface area contributed by atoms with Crippen molar-refractivity contribution in [3.63, 3.8) is 0 Å². The molecule has 0 aromatic carbocycles. The van der Waals surface area contributed by atoms with Crippen LogP contribution in [0.25, 0.3) is 0 Å². The summed E-state index contributed by atoms with van der Waals surface area (Å²) < 4.78 is 0. The lowest BCUT2D eigenvalue weighted by Gasteiger charge is -2.34. The average Bonchev–Trinajstić information content (AvgIpc) is 2.38. The lowest BCUT2D eigenvalue weighted by atomic mass is 9.83. The Kier molecular flexibility index (Phi) is 3.79. The fraction of sp³-hybridized carbons (Fsp3) is 0.636. The number of nitrogens with one attached hydrogen (secondary N) is 2. The van der Waals surface area contributed by atoms with Gasteiger partial charge in [-0.1, -0.05) is 19.3 Å². The van der Waals surface area contributed by atoms with Crippen LogP contribution in [0.3, 0.4) is 0 Å². The molecular formula is C11H18N6O2. The molecule has 0 saturated heterocycles. The highest BCUT2D eigenvalue weighted by Gasteiger charge is 2.31. The molecule has 19 heavy (non-hydrogen) atoms. The average molecular weight is 266 g/mol. The van der Waals surface area contributed by atoms with E-state index in [0.717, 1.165) is 25.7 Å². The normalized spacial score (nSPS) is 17.8. The van der Waals surface area contributed by atoms with Crippen LogP contribution in [0, 0.1) is 10.1 Å². The van der Waals surface area contributed by atoms with Gasteiger partial charge in [0.1, 0.15) is 6.33 Å². The van der Waals surface area contributed by atoms with Gasteiger partial charge >= 0.3 is 5.69 Å². The van der Waals surface area contributed by atoms with Crippen molar-refractivity contribution >= 4 is 17.3 Å². The third-order valence-electron chi connectivity index (χ3n) is 3.52. The summed E-state index contributed by atoms with van der Waals surface area (Å²) in [6.45, 7) is 2.06. The number of hydrogen-bond donors (Lipinski definition) is 3. The summed E-state index contributed by atoms with van der Waals surface area (Å²) in [5, 5.41) is 14.3. The molecule has 1 heterocycles. The van der Waals surface area contributed by atoms with E-state index in [4.69, 9.17) is 5.84 Å². The number of nitrogen functional groups attached to an aromatic ring is 1. The van der Waals surface area contributed by atoms with Crippen LogP contribution in [0.5, 0.6) is 0 Å². The van der Waals surface area contributed by atoms with Gasteiger partial charge in [-0.3, -0.25) is 10.1 Å². The summed E-state index contributed by atoms with van der Waals surface area (Å²) in [4.78, 5) is 18.4. The van der Waals surface area contributed by atoms with Crippen molar-refractivity contribution in [1.29, 1.82) is 0 Å². The second-order valence-electron chi connectivity index (χ2n) is 5.07. The van der Waals surface area contributed by atoms with Gasteiger partial charge in [0, 0.05) is 5.54 Å². The van der Waals surface area contributed by atoms with Crippen LogP contribution < -0.4 is 16.6 Å². The molecule has 1 aromatic heterocycles. The van der Waals surface area contributed by atoms with E-state index in [0.29, 0.717) is 0 Å². The molecule has 1 aliphatic carbocycles. The maximum absolute atomic E-state index is 11.1. The molecule has 104 valence electrons. The van der Waals surface area contributed by atoms with Gasteiger partial charge in [-0.15, -0.1) is 0 Å². The van der Waals surface area contributed by atoms with Crippen LogP contribution in [0.15, 0.2) is 6.33 Å². The number of nitrogens with zero attached hydrogens (tertiary/aromatic N) is 3. The molecular weight excluding hydrogens is 248 g/mol. The Hall–Kier alpha value is -1.96. The molecule has 0 aliphatic heterocycles. The maximum Gasteiger partial charge on any atom is 0.354 e. The number of anilines is 2. The Bertz CT molecular complexity index is 472. The monoisotopic (exact) mass is 266 g/mol. The number of nitro groups is 1. The second-order valence-corrected chi connectivity index (χ2v) is 5.07. The van der Waals surface area contributed by atoms with Crippen LogP contribution in [0.2, 0.25) is 0 Å². The second kappa shape index (κ2) is 5.35. The van der Waals surface area contributed by atoms with Crippen molar-refractivity contribution in [3.8, 4) is 0 Å². The van der Waals surface area contributed by atoms with Crippen LogP contribution in [0.1, 0.15) is 39.0 Å². The van der Waals surface area contributed by atoms with E-state index in [9.17, 15) is 10.1 Å². The highest BCUT2D eigenvalue weighted by molar-refractivity contribution is 5.69. The Morgan fingerprint density at radius 1 is 1.32 bits per heavy atom. The summed E-state index contributed by atoms with van der Waals surface area (Å²) in [6.07, 6.45) is 6.64. The van der Waals surface area contributed by atoms with E-state index in [-0.39, 0.29) is 22.9 Å². The first kappa shape index (κ1) is 13.5. The maximum atomic E-state index is 11.1. The van der Waals surface area contributed by atoms with Gasteiger partial charge < -0.3 is 10.7 Å². The summed E-state index contributed by atoms with van der Waals surface area (Å²) in [6, 6.07) is 0. The van der Waals surface area contributed by atoms with E-state index >= 15 is 0 Å². The van der Waals surface area contributed by atoms with Crippen molar-refractivity contribution in [3.05, 3.63) is 16.4 Å². The lowest BCUT2D eigenvalue weighted by molar-refractivity contribution is -0.383. The molecule has 1 aliphatic rings. The van der Waals surface area contributed by atoms with Crippen molar-refractivity contribution in [2.75, 3.05) is 10.7 Å². The number of hydrogen-bond acceptors (Lipinski definition) is 7. The highest BCUT2D eigenvalue weighted by atomic mass is 16.6. The largest absolute Gasteiger partial charge is 0.359 e. The molecule has 1 fully saturated rings. The fourth-order valence-corrected chi connectivity index (χ4v) is 2.49. The molecule has 0 radical (unpaired) electrons. The Labute approximate surface area is 110 Å². The van der Waals surface area contributed by atoms with Gasteiger partial charge in [0.25, 0.3) is 0 Å². The zero-order valence-electron chi connectivity index (χ0n) is 10.8. The van der Waals surface area contributed by atoms with E-state index < -0.39 is 4.92 Å². The minimum atomic E-state index is -0.524. The van der Waals surface area contributed by atoms with E-state index in [1.165, 1.54) is 12.7 Å². The lowest BCUT2D eigenvalue weighted by Crippen LogP contribution is -2.37. The van der Waals surface area contributed by atoms with Crippen LogP contribution >= 0.6 is 0 Å². The highest BCUT2D eigenvalue weighted by Crippen LogP contribution is 2.35. The first-order valence-electron chi connectivity index (χ1n) is 6.30. The van der Waals surface area contributed by atoms with Gasteiger partial charge in [0.05, 0.1) is 4.92 Å². The molecule has 8 nitrogen and oxygen atoms in total. The fourth-order valence-electron chi connectivity index (χ4n) is 2.49. The quantitative estimate of drug-likeness (QED) is 0.432. The Balaban J connectivity index is 2.31. The number of nitrogens with two attached hydrogens (primary N) is 1. The predicted octanol–water partition coefficient (Wildman–Crippen LogP) is 1.81. The van der Waals surface area contributed by atoms with E-state index in [1.54, 1.807) is 0 Å². The molecule has 1 saturated carbocycles. The molecule has 0 bridgehead atoms. The van der Waals surface area contributed by atoms with Crippen LogP contribution in [0.4, 0.5) is 17.3 Å². The third-order valence-corrected chi connectivity index (χ3v) is 3.52. The molecule has 8 heteroatoms. The van der Waals surface area contributed by atoms with Crippen molar-refractivity contribution < 1.29 is 4.92 Å². The zero-order valence-corrected chi connectivity index (χ0v) is 10.8. The summed E-state index contributed by atoms with van der Waals surface area (Å²) >= 11 is 0. The van der Waals surface area contributed by atoms with E-state index in [2.05, 4.69) is 27.6 Å². The van der Waals surface area contributed by atoms with Crippen molar-refractivity contribution in [2.45, 2.75) is 44.6 Å². The van der Waals surface area contributed by atoms with Crippen LogP contribution in [-0.4, -0.2) is 20.4 Å². The minimum absolute atomic E-state index is 0.0157. The molecule has 4 N–H and O–H groups in total. The molecule has 0 amide bonds. The third kappa shape index (κ3) is 2.90. The van der Waals surface area contributed by atoms with Crippen molar-refractivity contribution in [1.82, 2.24) is 9.97 Å². The SMILES string of the molecule is CC1(Nc2ncnc(NN)c2[N+](=O)[O-])CCCCC1. The number of rotatable bonds is 4. The molecule has 2 rings (SSSR count). The smallest absolute Gasteiger partial charge is 0.354 e. The summed E-state index contributed by atoms with van der Waals surface area (Å²) in [5.41, 5.74) is 1.86. The topological polar surface area (TPSA) is 119 Å². The Morgan fingerprint density at radius 3 is 2.53 bits per heavy atom. The van der Waals surface area contributed by atoms with E-state index in [1.807, 2.05) is 0 Å². The van der Waals surface area contributed by atoms with Crippen LogP contribution in [-0.2, 0) is 0 Å². The van der Waals surface area contributed by atoms with Gasteiger partial charge in [-0.05, 0) is 19.8 Å². The molecule has 1 aromatic rings. The molecule has 0 spiro atoms. The molecule has 0 unspecified atom stereocenters. The Morgan fingerprint density at radius 2 is 1.95 bits per heavy atom. The van der Waals surface area contributed by atoms with Gasteiger partial charge in [-0.2, -0.15) is 0 Å². The minimum Gasteiger partial charge on any atom is -0.359 e. The first-order valence-corrected chi connectivity index (χ1v) is 6.30. The zero-order chi connectivity index (χ0) is 13.9. The summed E-state index contributed by atoms with van der Waals surface area (Å²) in [7, 11) is 0. The van der Waals surface area contributed by atoms with Gasteiger partial charge in [0.15, 0.2) is 0 Å². The predicted molar refractivity (Wildman–Crippen MR) is 71.6 cm³/mol. The number of aromatic nitrogens is 2.